The number of hydrogen-bond donors (Lipinski definition) is 1. The van der Waals surface area contributed by atoms with E-state index < -0.39 is 0 Å². The first-order valence-electron chi connectivity index (χ1n) is 8.78. The van der Waals surface area contributed by atoms with Gasteiger partial charge in [0.2, 0.25) is 0 Å². The molecule has 0 unspecified atom stereocenters. The lowest BCUT2D eigenvalue weighted by molar-refractivity contribution is 0.177. The first-order chi connectivity index (χ1) is 11.5. The molecule has 2 rings (SSSR count). The van der Waals surface area contributed by atoms with Gasteiger partial charge in [-0.05, 0) is 57.4 Å². The van der Waals surface area contributed by atoms with E-state index in [1.165, 1.54) is 5.56 Å². The molecule has 0 bridgehead atoms. The number of ether oxygens (including phenoxy) is 1. The lowest BCUT2D eigenvalue weighted by atomic mass is 10.1. The Morgan fingerprint density at radius 2 is 1.58 bits per heavy atom. The van der Waals surface area contributed by atoms with E-state index in [1.54, 1.807) is 0 Å². The van der Waals surface area contributed by atoms with Crippen LogP contribution in [0, 0.1) is 0 Å². The molecule has 0 radical (unpaired) electrons. The maximum atomic E-state index is 6.17. The number of anilines is 1. The molecule has 0 aliphatic rings. The normalized spacial score (nSPS) is 11.5. The molecule has 0 aliphatic carbocycles. The molecule has 0 fully saturated rings. The van der Waals surface area contributed by atoms with Crippen molar-refractivity contribution in [2.24, 2.45) is 0 Å². The highest BCUT2D eigenvalue weighted by molar-refractivity contribution is 5.54. The molecule has 3 heteroatoms. The number of nitrogen functional groups attached to an aromatic ring is 1. The van der Waals surface area contributed by atoms with Crippen LogP contribution in [0.25, 0.3) is 0 Å². The second kappa shape index (κ2) is 8.74. The average molecular weight is 326 g/mol. The van der Waals surface area contributed by atoms with Gasteiger partial charge in [-0.1, -0.05) is 36.4 Å². The van der Waals surface area contributed by atoms with Crippen molar-refractivity contribution in [3.63, 3.8) is 0 Å². The topological polar surface area (TPSA) is 38.5 Å². The number of hydrogen-bond acceptors (Lipinski definition) is 3. The molecule has 0 amide bonds. The highest BCUT2D eigenvalue weighted by Gasteiger charge is 2.13. The van der Waals surface area contributed by atoms with Crippen molar-refractivity contribution in [1.29, 1.82) is 0 Å². The molecule has 3 nitrogen and oxygen atoms in total. The van der Waals surface area contributed by atoms with Crippen LogP contribution >= 0.6 is 0 Å². The second-order valence-corrected chi connectivity index (χ2v) is 6.82. The van der Waals surface area contributed by atoms with Crippen LogP contribution < -0.4 is 10.5 Å². The van der Waals surface area contributed by atoms with Gasteiger partial charge < -0.3 is 10.5 Å². The lowest BCUT2D eigenvalue weighted by Crippen LogP contribution is -2.38. The van der Waals surface area contributed by atoms with E-state index in [4.69, 9.17) is 10.5 Å². The monoisotopic (exact) mass is 326 g/mol. The Balaban J connectivity index is 1.94. The van der Waals surface area contributed by atoms with Gasteiger partial charge in [0, 0.05) is 18.6 Å². The van der Waals surface area contributed by atoms with Crippen LogP contribution in [-0.2, 0) is 13.0 Å². The number of rotatable bonds is 8. The molecule has 2 aromatic rings. The minimum atomic E-state index is 0.541. The van der Waals surface area contributed by atoms with Gasteiger partial charge in [0.25, 0.3) is 0 Å². The van der Waals surface area contributed by atoms with Gasteiger partial charge in [-0.15, -0.1) is 0 Å². The Bertz CT molecular complexity index is 615. The van der Waals surface area contributed by atoms with E-state index in [9.17, 15) is 0 Å². The third-order valence-corrected chi connectivity index (χ3v) is 4.30. The van der Waals surface area contributed by atoms with Gasteiger partial charge in [-0.3, -0.25) is 4.90 Å². The summed E-state index contributed by atoms with van der Waals surface area (Å²) in [5.74, 6) is 0.757. The summed E-state index contributed by atoms with van der Waals surface area (Å²) in [5, 5.41) is 0. The largest absolute Gasteiger partial charge is 0.487 e. The number of nitrogens with zero attached hydrogens (tertiary/aromatic N) is 1. The van der Waals surface area contributed by atoms with Gasteiger partial charge in [0.1, 0.15) is 12.4 Å². The van der Waals surface area contributed by atoms with Crippen molar-refractivity contribution >= 4 is 5.69 Å². The van der Waals surface area contributed by atoms with Crippen molar-refractivity contribution < 1.29 is 4.74 Å². The fraction of sp³-hybridized carbons (Fsp3) is 0.429. The molecule has 130 valence electrons. The van der Waals surface area contributed by atoms with E-state index >= 15 is 0 Å². The van der Waals surface area contributed by atoms with E-state index in [0.29, 0.717) is 24.4 Å². The van der Waals surface area contributed by atoms with Crippen LogP contribution in [-0.4, -0.2) is 23.5 Å². The van der Waals surface area contributed by atoms with Gasteiger partial charge in [0.15, 0.2) is 0 Å². The zero-order chi connectivity index (χ0) is 17.5. The SMILES string of the molecule is CC(C)N(CCc1ccc(OCc2ccccc2)c(N)c1)C(C)C. The molecular weight excluding hydrogens is 296 g/mol. The van der Waals surface area contributed by atoms with Crippen molar-refractivity contribution in [2.45, 2.75) is 52.8 Å². The molecular formula is C21H30N2O. The minimum Gasteiger partial charge on any atom is -0.487 e. The second-order valence-electron chi connectivity index (χ2n) is 6.82. The molecule has 0 saturated heterocycles. The Hall–Kier alpha value is -2.00. The van der Waals surface area contributed by atoms with Crippen molar-refractivity contribution in [2.75, 3.05) is 12.3 Å². The third kappa shape index (κ3) is 5.27. The molecule has 0 heterocycles. The molecule has 0 atom stereocenters. The zero-order valence-electron chi connectivity index (χ0n) is 15.3. The summed E-state index contributed by atoms with van der Waals surface area (Å²) < 4.78 is 5.84. The Morgan fingerprint density at radius 3 is 2.17 bits per heavy atom. The Labute approximate surface area is 146 Å². The minimum absolute atomic E-state index is 0.541. The first-order valence-corrected chi connectivity index (χ1v) is 8.78. The van der Waals surface area contributed by atoms with Crippen LogP contribution in [0.15, 0.2) is 48.5 Å². The van der Waals surface area contributed by atoms with E-state index in [0.717, 1.165) is 24.3 Å². The predicted octanol–water partition coefficient (Wildman–Crippen LogP) is 4.51. The lowest BCUT2D eigenvalue weighted by Gasteiger charge is -2.30. The van der Waals surface area contributed by atoms with Crippen LogP contribution in [0.3, 0.4) is 0 Å². The Kier molecular flexibility index (Phi) is 6.68. The van der Waals surface area contributed by atoms with Gasteiger partial charge in [0.05, 0.1) is 5.69 Å². The summed E-state index contributed by atoms with van der Waals surface area (Å²) in [4.78, 5) is 2.50. The van der Waals surface area contributed by atoms with Crippen LogP contribution in [0.1, 0.15) is 38.8 Å². The van der Waals surface area contributed by atoms with Crippen LogP contribution in [0.4, 0.5) is 5.69 Å². The van der Waals surface area contributed by atoms with Crippen LogP contribution in [0.2, 0.25) is 0 Å². The summed E-state index contributed by atoms with van der Waals surface area (Å²) in [5.41, 5.74) is 9.28. The summed E-state index contributed by atoms with van der Waals surface area (Å²) in [6.45, 7) is 10.6. The van der Waals surface area contributed by atoms with E-state index in [2.05, 4.69) is 50.8 Å². The molecule has 0 aromatic heterocycles. The van der Waals surface area contributed by atoms with Gasteiger partial charge >= 0.3 is 0 Å². The summed E-state index contributed by atoms with van der Waals surface area (Å²) >= 11 is 0. The van der Waals surface area contributed by atoms with Crippen molar-refractivity contribution in [1.82, 2.24) is 4.90 Å². The fourth-order valence-corrected chi connectivity index (χ4v) is 2.99. The summed E-state index contributed by atoms with van der Waals surface area (Å²) in [6, 6.07) is 17.4. The van der Waals surface area contributed by atoms with E-state index in [-0.39, 0.29) is 0 Å². The van der Waals surface area contributed by atoms with E-state index in [1.807, 2.05) is 30.3 Å². The molecule has 0 spiro atoms. The highest BCUT2D eigenvalue weighted by atomic mass is 16.5. The summed E-state index contributed by atoms with van der Waals surface area (Å²) in [7, 11) is 0. The maximum Gasteiger partial charge on any atom is 0.142 e. The predicted molar refractivity (Wildman–Crippen MR) is 102 cm³/mol. The summed E-state index contributed by atoms with van der Waals surface area (Å²) in [6.07, 6.45) is 1.000. The van der Waals surface area contributed by atoms with Gasteiger partial charge in [-0.2, -0.15) is 0 Å². The number of nitrogens with two attached hydrogens (primary N) is 1. The zero-order valence-corrected chi connectivity index (χ0v) is 15.3. The molecule has 2 aromatic carbocycles. The quantitative estimate of drug-likeness (QED) is 0.725. The maximum absolute atomic E-state index is 6.17. The van der Waals surface area contributed by atoms with Crippen LogP contribution in [0.5, 0.6) is 5.75 Å². The third-order valence-electron chi connectivity index (χ3n) is 4.30. The fourth-order valence-electron chi connectivity index (χ4n) is 2.99. The highest BCUT2D eigenvalue weighted by Crippen LogP contribution is 2.24. The Morgan fingerprint density at radius 1 is 0.917 bits per heavy atom. The standard InChI is InChI=1S/C21H30N2O/c1-16(2)23(17(3)4)13-12-18-10-11-21(20(22)14-18)24-15-19-8-6-5-7-9-19/h5-11,14,16-17H,12-13,15,22H2,1-4H3. The first kappa shape index (κ1) is 18.3. The smallest absolute Gasteiger partial charge is 0.142 e. The number of benzene rings is 2. The van der Waals surface area contributed by atoms with Crippen molar-refractivity contribution in [3.05, 3.63) is 59.7 Å². The molecule has 0 aliphatic heterocycles. The molecule has 24 heavy (non-hydrogen) atoms. The van der Waals surface area contributed by atoms with Crippen molar-refractivity contribution in [3.8, 4) is 5.75 Å². The average Bonchev–Trinajstić information content (AvgIpc) is 2.54. The molecule has 2 N–H and O–H groups in total. The molecule has 0 saturated carbocycles. The van der Waals surface area contributed by atoms with Gasteiger partial charge in [-0.25, -0.2) is 0 Å².